The minimum Gasteiger partial charge on any atom is -0.379 e. The highest BCUT2D eigenvalue weighted by Gasteiger charge is 2.43. The van der Waals surface area contributed by atoms with Crippen LogP contribution in [-0.2, 0) is 33.4 Å². The molecule has 52 heavy (non-hydrogen) atoms. The Morgan fingerprint density at radius 3 is 1.98 bits per heavy atom. The molecule has 12 nitrogen and oxygen atoms in total. The second kappa shape index (κ2) is 21.6. The van der Waals surface area contributed by atoms with Crippen molar-refractivity contribution in [1.82, 2.24) is 25.8 Å². The molecule has 1 heterocycles. The van der Waals surface area contributed by atoms with Gasteiger partial charge in [-0.25, -0.2) is 0 Å². The molecule has 0 unspecified atom stereocenters. The van der Waals surface area contributed by atoms with Crippen LogP contribution in [0.4, 0.5) is 0 Å². The van der Waals surface area contributed by atoms with Gasteiger partial charge in [0.1, 0.15) is 12.1 Å². The van der Waals surface area contributed by atoms with Crippen LogP contribution in [0, 0.1) is 23.7 Å². The number of methoxy groups -OCH3 is 3. The predicted octanol–water partition coefficient (Wildman–Crippen LogP) is 4.18. The van der Waals surface area contributed by atoms with Crippen LogP contribution in [0.5, 0.6) is 0 Å². The van der Waals surface area contributed by atoms with Gasteiger partial charge in [-0.15, -0.1) is 0 Å². The maximum absolute atomic E-state index is 14.2. The van der Waals surface area contributed by atoms with E-state index in [1.54, 1.807) is 40.3 Å². The van der Waals surface area contributed by atoms with E-state index >= 15 is 0 Å². The molecule has 0 spiro atoms. The number of carbonyl (C=O) groups excluding carboxylic acids is 4. The molecule has 4 amide bonds. The van der Waals surface area contributed by atoms with E-state index in [4.69, 9.17) is 14.2 Å². The van der Waals surface area contributed by atoms with Gasteiger partial charge in [0.2, 0.25) is 23.6 Å². The van der Waals surface area contributed by atoms with E-state index < -0.39 is 36.3 Å². The number of rotatable bonds is 21. The first kappa shape index (κ1) is 45.1. The summed E-state index contributed by atoms with van der Waals surface area (Å²) in [4.78, 5) is 58.6. The second-order valence-electron chi connectivity index (χ2n) is 15.2. The molecule has 1 aliphatic rings. The average Bonchev–Trinajstić information content (AvgIpc) is 3.60. The molecule has 1 fully saturated rings. The van der Waals surface area contributed by atoms with Crippen molar-refractivity contribution in [2.75, 3.05) is 42.0 Å². The van der Waals surface area contributed by atoms with Crippen molar-refractivity contribution < 1.29 is 33.4 Å². The van der Waals surface area contributed by atoms with Gasteiger partial charge in [0.05, 0.1) is 48.7 Å². The molecule has 0 radical (unpaired) electrons. The Morgan fingerprint density at radius 1 is 0.865 bits per heavy atom. The molecule has 1 aromatic rings. The van der Waals surface area contributed by atoms with Gasteiger partial charge >= 0.3 is 0 Å². The minimum absolute atomic E-state index is 0.00504. The Labute approximate surface area is 313 Å². The largest absolute Gasteiger partial charge is 0.379 e. The molecule has 1 saturated heterocycles. The normalized spacial score (nSPS) is 20.0. The summed E-state index contributed by atoms with van der Waals surface area (Å²) in [7, 11) is 8.26. The Hall–Kier alpha value is -3.06. The van der Waals surface area contributed by atoms with Crippen molar-refractivity contribution in [1.29, 1.82) is 0 Å². The van der Waals surface area contributed by atoms with Crippen molar-refractivity contribution in [3.05, 3.63) is 35.9 Å². The van der Waals surface area contributed by atoms with Crippen molar-refractivity contribution >= 4 is 23.6 Å². The van der Waals surface area contributed by atoms with E-state index in [9.17, 15) is 19.2 Å². The number of likely N-dealkylation sites (tertiary alicyclic amines) is 1. The molecule has 12 heteroatoms. The first-order chi connectivity index (χ1) is 24.6. The number of hydrogen-bond acceptors (Lipinski definition) is 8. The summed E-state index contributed by atoms with van der Waals surface area (Å²) < 4.78 is 17.7. The van der Waals surface area contributed by atoms with Gasteiger partial charge in [-0.1, -0.05) is 85.2 Å². The summed E-state index contributed by atoms with van der Waals surface area (Å²) in [5.74, 6) is -1.42. The van der Waals surface area contributed by atoms with Gasteiger partial charge in [0.25, 0.3) is 0 Å². The van der Waals surface area contributed by atoms with E-state index in [0.717, 1.165) is 18.4 Å². The van der Waals surface area contributed by atoms with Gasteiger partial charge in [-0.05, 0) is 50.1 Å². The molecule has 10 atom stereocenters. The quantitative estimate of drug-likeness (QED) is 0.171. The van der Waals surface area contributed by atoms with Gasteiger partial charge in [-0.2, -0.15) is 0 Å². The number of benzene rings is 1. The molecule has 1 aliphatic heterocycles. The third kappa shape index (κ3) is 11.5. The highest BCUT2D eigenvalue weighted by atomic mass is 16.5. The van der Waals surface area contributed by atoms with Crippen LogP contribution in [0.3, 0.4) is 0 Å². The van der Waals surface area contributed by atoms with Crippen LogP contribution in [-0.4, -0.2) is 118 Å². The molecule has 0 aliphatic carbocycles. The summed E-state index contributed by atoms with van der Waals surface area (Å²) in [5.41, 5.74) is 0.968. The van der Waals surface area contributed by atoms with Gasteiger partial charge in [0.15, 0.2) is 0 Å². The maximum Gasteiger partial charge on any atom is 0.245 e. The number of carbonyl (C=O) groups is 4. The van der Waals surface area contributed by atoms with E-state index in [1.165, 1.54) is 0 Å². The molecular formula is C40H69N5O7. The number of hydrogen-bond donors (Lipinski definition) is 3. The molecule has 0 saturated carbocycles. The van der Waals surface area contributed by atoms with E-state index in [1.807, 2.05) is 83.7 Å². The van der Waals surface area contributed by atoms with E-state index in [0.29, 0.717) is 13.0 Å². The number of likely N-dealkylation sites (N-methyl/N-ethyl adjacent to an activating group) is 2. The van der Waals surface area contributed by atoms with Crippen molar-refractivity contribution in [2.24, 2.45) is 23.7 Å². The Bertz CT molecular complexity index is 1260. The topological polar surface area (TPSA) is 139 Å². The smallest absolute Gasteiger partial charge is 0.245 e. The highest BCUT2D eigenvalue weighted by molar-refractivity contribution is 5.90. The molecular weight excluding hydrogens is 662 g/mol. The number of amides is 4. The molecule has 3 N–H and O–H groups in total. The lowest BCUT2D eigenvalue weighted by Gasteiger charge is -2.41. The third-order valence-electron chi connectivity index (χ3n) is 11.0. The fourth-order valence-corrected chi connectivity index (χ4v) is 7.75. The molecule has 296 valence electrons. The van der Waals surface area contributed by atoms with Gasteiger partial charge < -0.3 is 40.0 Å². The van der Waals surface area contributed by atoms with Crippen molar-refractivity contribution in [2.45, 2.75) is 130 Å². The number of nitrogens with zero attached hydrogens (tertiary/aromatic N) is 2. The number of nitrogens with one attached hydrogen (secondary N) is 3. The zero-order valence-electron chi connectivity index (χ0n) is 34.1. The zero-order valence-corrected chi connectivity index (χ0v) is 34.1. The molecule has 0 bridgehead atoms. The fraction of sp³-hybridized carbons (Fsp3) is 0.750. The van der Waals surface area contributed by atoms with Crippen LogP contribution in [0.2, 0.25) is 0 Å². The van der Waals surface area contributed by atoms with E-state index in [2.05, 4.69) is 22.9 Å². The lowest BCUT2D eigenvalue weighted by Crippen LogP contribution is -2.59. The maximum atomic E-state index is 14.2. The van der Waals surface area contributed by atoms with Crippen molar-refractivity contribution in [3.8, 4) is 0 Å². The summed E-state index contributed by atoms with van der Waals surface area (Å²) in [5, 5.41) is 9.17. The van der Waals surface area contributed by atoms with Crippen molar-refractivity contribution in [3.63, 3.8) is 0 Å². The van der Waals surface area contributed by atoms with Crippen LogP contribution in [0.15, 0.2) is 30.3 Å². The van der Waals surface area contributed by atoms with Crippen LogP contribution >= 0.6 is 0 Å². The van der Waals surface area contributed by atoms with Gasteiger partial charge in [-0.3, -0.25) is 19.2 Å². The summed E-state index contributed by atoms with van der Waals surface area (Å²) in [6.45, 7) is 16.1. The second-order valence-corrected chi connectivity index (χ2v) is 15.2. The Kier molecular flexibility index (Phi) is 18.7. The SMILES string of the molecule is CC[C@H](C)[C@@H]([C@@H](CC(=O)N1CCC[C@H]1[C@H](OC)[C@@H](C)C(=O)N[C@H](C)[C@@H](OC)c1ccccc1)OC)N(C)C(=O)[C@@H](NC(=O)[C@@H](NC)C(C)C)C(C)C. The lowest BCUT2D eigenvalue weighted by molar-refractivity contribution is -0.148. The molecule has 1 aromatic carbocycles. The van der Waals surface area contributed by atoms with Crippen LogP contribution in [0.25, 0.3) is 0 Å². The summed E-state index contributed by atoms with van der Waals surface area (Å²) in [6.07, 6.45) is 0.825. The van der Waals surface area contributed by atoms with E-state index in [-0.39, 0.29) is 66.0 Å². The molecule has 0 aromatic heterocycles. The number of ether oxygens (including phenoxy) is 3. The minimum atomic E-state index is -0.750. The standard InChI is InChI=1S/C40H69N5O7/c1-14-26(6)35(44(10)40(49)34(25(4)5)43-39(48)33(41-9)24(2)3)31(50-11)23-32(46)45-22-18-21-30(45)36(51-12)27(7)38(47)42-28(8)37(52-13)29-19-16-15-17-20-29/h15-17,19-20,24-28,30-31,33-37,41H,14,18,21-23H2,1-13H3,(H,42,47)(H,43,48)/t26-,27+,28+,30-,31+,33-,34-,35-,36+,37+/m0/s1. The first-order valence-corrected chi connectivity index (χ1v) is 19.1. The predicted molar refractivity (Wildman–Crippen MR) is 204 cm³/mol. The highest BCUT2D eigenvalue weighted by Crippen LogP contribution is 2.30. The fourth-order valence-electron chi connectivity index (χ4n) is 7.75. The van der Waals surface area contributed by atoms with Gasteiger partial charge in [0, 0.05) is 34.9 Å². The Morgan fingerprint density at radius 2 is 1.48 bits per heavy atom. The average molecular weight is 732 g/mol. The summed E-state index contributed by atoms with van der Waals surface area (Å²) >= 11 is 0. The van der Waals surface area contributed by atoms with Crippen LogP contribution < -0.4 is 16.0 Å². The molecule has 2 rings (SSSR count). The lowest BCUT2D eigenvalue weighted by atomic mass is 9.89. The first-order valence-electron chi connectivity index (χ1n) is 19.1. The third-order valence-corrected chi connectivity index (χ3v) is 11.0. The monoisotopic (exact) mass is 732 g/mol. The summed E-state index contributed by atoms with van der Waals surface area (Å²) in [6, 6.07) is 7.54. The Balaban J connectivity index is 2.25. The van der Waals surface area contributed by atoms with Crippen LogP contribution in [0.1, 0.15) is 92.7 Å². The zero-order chi connectivity index (χ0) is 39.3.